The fourth-order valence-corrected chi connectivity index (χ4v) is 1.94. The maximum Gasteiger partial charge on any atom is 0.142 e. The molecule has 94 valence electrons. The maximum absolute atomic E-state index is 5.86. The van der Waals surface area contributed by atoms with Crippen LogP contribution in [0.15, 0.2) is 42.5 Å². The number of pyridine rings is 1. The van der Waals surface area contributed by atoms with Gasteiger partial charge in [-0.25, -0.2) is 0 Å². The lowest BCUT2D eigenvalue weighted by atomic mass is 10.2. The average Bonchev–Trinajstić information content (AvgIpc) is 2.41. The van der Waals surface area contributed by atoms with E-state index in [2.05, 4.69) is 17.1 Å². The molecule has 2 nitrogen and oxygen atoms in total. The fourth-order valence-electron chi connectivity index (χ4n) is 1.75. The zero-order valence-electron chi connectivity index (χ0n) is 10.4. The first-order valence-electron chi connectivity index (χ1n) is 5.99. The van der Waals surface area contributed by atoms with Crippen molar-refractivity contribution in [3.63, 3.8) is 0 Å². The van der Waals surface area contributed by atoms with Crippen LogP contribution >= 0.6 is 11.6 Å². The highest BCUT2D eigenvalue weighted by atomic mass is 35.5. The van der Waals surface area contributed by atoms with E-state index in [9.17, 15) is 0 Å². The van der Waals surface area contributed by atoms with Crippen LogP contribution in [0, 0.1) is 6.92 Å². The number of ether oxygens (including phenoxy) is 1. The van der Waals surface area contributed by atoms with Crippen LogP contribution in [0.2, 0.25) is 0 Å². The van der Waals surface area contributed by atoms with E-state index in [4.69, 9.17) is 16.3 Å². The predicted molar refractivity (Wildman–Crippen MR) is 74.2 cm³/mol. The molecule has 1 aromatic carbocycles. The number of rotatable bonds is 5. The number of alkyl halides is 1. The molecule has 0 atom stereocenters. The second-order valence-corrected chi connectivity index (χ2v) is 4.38. The van der Waals surface area contributed by atoms with Crippen LogP contribution < -0.4 is 4.74 Å². The summed E-state index contributed by atoms with van der Waals surface area (Å²) < 4.78 is 5.74. The monoisotopic (exact) mass is 261 g/mol. The second kappa shape index (κ2) is 6.41. The van der Waals surface area contributed by atoms with Crippen molar-refractivity contribution in [1.29, 1.82) is 0 Å². The molecule has 0 unspecified atom stereocenters. The molecule has 0 radical (unpaired) electrons. The zero-order valence-corrected chi connectivity index (χ0v) is 11.2. The number of hydrogen-bond acceptors (Lipinski definition) is 2. The Kier molecular flexibility index (Phi) is 4.59. The summed E-state index contributed by atoms with van der Waals surface area (Å²) in [4.78, 5) is 4.36. The van der Waals surface area contributed by atoms with Gasteiger partial charge in [0.05, 0.1) is 18.2 Å². The first-order valence-corrected chi connectivity index (χ1v) is 6.52. The quantitative estimate of drug-likeness (QED) is 0.765. The highest BCUT2D eigenvalue weighted by Crippen LogP contribution is 2.19. The van der Waals surface area contributed by atoms with Crippen molar-refractivity contribution in [3.05, 3.63) is 59.4 Å². The molecule has 0 amide bonds. The summed E-state index contributed by atoms with van der Waals surface area (Å²) >= 11 is 5.86. The van der Waals surface area contributed by atoms with Crippen molar-refractivity contribution in [3.8, 4) is 5.75 Å². The zero-order chi connectivity index (χ0) is 12.8. The van der Waals surface area contributed by atoms with Gasteiger partial charge in [-0.15, -0.1) is 11.6 Å². The van der Waals surface area contributed by atoms with Crippen LogP contribution in [0.3, 0.4) is 0 Å². The van der Waals surface area contributed by atoms with Gasteiger partial charge in [0, 0.05) is 12.1 Å². The van der Waals surface area contributed by atoms with Crippen LogP contribution in [-0.2, 0) is 12.3 Å². The molecule has 0 saturated carbocycles. The maximum atomic E-state index is 5.86. The Bertz CT molecular complexity index is 499. The van der Waals surface area contributed by atoms with E-state index in [0.29, 0.717) is 12.5 Å². The Morgan fingerprint density at radius 3 is 2.61 bits per heavy atom. The molecule has 0 aliphatic rings. The number of halogens is 1. The standard InChI is InChI=1S/C15H16ClNO/c1-12-7-8-15(14(11-16)17-12)18-10-9-13-5-3-2-4-6-13/h2-8H,9-11H2,1H3. The summed E-state index contributed by atoms with van der Waals surface area (Å²) in [5.41, 5.74) is 3.04. The molecular formula is C15H16ClNO. The fraction of sp³-hybridized carbons (Fsp3) is 0.267. The van der Waals surface area contributed by atoms with Gasteiger partial charge in [0.25, 0.3) is 0 Å². The summed E-state index contributed by atoms with van der Waals surface area (Å²) in [7, 11) is 0. The minimum Gasteiger partial charge on any atom is -0.491 e. The van der Waals surface area contributed by atoms with Crippen molar-refractivity contribution in [2.24, 2.45) is 0 Å². The highest BCUT2D eigenvalue weighted by molar-refractivity contribution is 6.17. The number of benzene rings is 1. The van der Waals surface area contributed by atoms with Gasteiger partial charge in [-0.2, -0.15) is 0 Å². The lowest BCUT2D eigenvalue weighted by Gasteiger charge is -2.09. The van der Waals surface area contributed by atoms with E-state index in [0.717, 1.165) is 23.6 Å². The third kappa shape index (κ3) is 3.47. The summed E-state index contributed by atoms with van der Waals surface area (Å²) in [6.07, 6.45) is 0.885. The van der Waals surface area contributed by atoms with Gasteiger partial charge < -0.3 is 4.74 Å². The van der Waals surface area contributed by atoms with Crippen molar-refractivity contribution < 1.29 is 4.74 Å². The van der Waals surface area contributed by atoms with Crippen molar-refractivity contribution >= 4 is 11.6 Å². The number of hydrogen-bond donors (Lipinski definition) is 0. The number of nitrogens with zero attached hydrogens (tertiary/aromatic N) is 1. The minimum atomic E-state index is 0.377. The Labute approximate surface area is 113 Å². The molecule has 0 spiro atoms. The van der Waals surface area contributed by atoms with Gasteiger partial charge in [-0.3, -0.25) is 4.98 Å². The third-order valence-electron chi connectivity index (χ3n) is 2.69. The summed E-state index contributed by atoms with van der Waals surface area (Å²) in [5, 5.41) is 0. The first kappa shape index (κ1) is 12.9. The second-order valence-electron chi connectivity index (χ2n) is 4.12. The predicted octanol–water partition coefficient (Wildman–Crippen LogP) is 3.75. The number of aryl methyl sites for hydroxylation is 1. The van der Waals surface area contributed by atoms with Crippen molar-refractivity contribution in [1.82, 2.24) is 4.98 Å². The molecule has 0 aliphatic carbocycles. The molecule has 0 N–H and O–H groups in total. The molecule has 18 heavy (non-hydrogen) atoms. The normalized spacial score (nSPS) is 10.3. The third-order valence-corrected chi connectivity index (χ3v) is 2.94. The molecule has 3 heteroatoms. The Hall–Kier alpha value is -1.54. The smallest absolute Gasteiger partial charge is 0.142 e. The molecule has 2 rings (SSSR count). The molecule has 1 heterocycles. The Morgan fingerprint density at radius 1 is 1.11 bits per heavy atom. The molecule has 2 aromatic rings. The Balaban J connectivity index is 1.94. The van der Waals surface area contributed by atoms with Gasteiger partial charge in [-0.05, 0) is 24.6 Å². The Morgan fingerprint density at radius 2 is 1.89 bits per heavy atom. The van der Waals surface area contributed by atoms with E-state index < -0.39 is 0 Å². The van der Waals surface area contributed by atoms with Gasteiger partial charge in [0.1, 0.15) is 5.75 Å². The van der Waals surface area contributed by atoms with Crippen LogP contribution in [-0.4, -0.2) is 11.6 Å². The van der Waals surface area contributed by atoms with E-state index in [-0.39, 0.29) is 0 Å². The highest BCUT2D eigenvalue weighted by Gasteiger charge is 2.04. The van der Waals surface area contributed by atoms with Crippen LogP contribution in [0.4, 0.5) is 0 Å². The number of aromatic nitrogens is 1. The molecule has 0 fully saturated rings. The van der Waals surface area contributed by atoms with Gasteiger partial charge in [0.15, 0.2) is 0 Å². The van der Waals surface area contributed by atoms with Gasteiger partial charge >= 0.3 is 0 Å². The molecule has 0 saturated heterocycles. The lowest BCUT2D eigenvalue weighted by molar-refractivity contribution is 0.317. The first-order chi connectivity index (χ1) is 8.79. The van der Waals surface area contributed by atoms with Gasteiger partial charge in [0.2, 0.25) is 0 Å². The van der Waals surface area contributed by atoms with E-state index in [1.165, 1.54) is 5.56 Å². The van der Waals surface area contributed by atoms with Crippen LogP contribution in [0.25, 0.3) is 0 Å². The van der Waals surface area contributed by atoms with E-state index >= 15 is 0 Å². The van der Waals surface area contributed by atoms with Crippen molar-refractivity contribution in [2.45, 2.75) is 19.2 Å². The largest absolute Gasteiger partial charge is 0.491 e. The molecule has 0 bridgehead atoms. The summed E-state index contributed by atoms with van der Waals surface area (Å²) in [6, 6.07) is 14.1. The van der Waals surface area contributed by atoms with Gasteiger partial charge in [-0.1, -0.05) is 30.3 Å². The molecule has 1 aromatic heterocycles. The van der Waals surface area contributed by atoms with Crippen molar-refractivity contribution in [2.75, 3.05) is 6.61 Å². The SMILES string of the molecule is Cc1ccc(OCCc2ccccc2)c(CCl)n1. The molecular weight excluding hydrogens is 246 g/mol. The van der Waals surface area contributed by atoms with E-state index in [1.807, 2.05) is 37.3 Å². The topological polar surface area (TPSA) is 22.1 Å². The summed E-state index contributed by atoms with van der Waals surface area (Å²) in [5.74, 6) is 1.16. The van der Waals surface area contributed by atoms with Crippen LogP contribution in [0.1, 0.15) is 17.0 Å². The van der Waals surface area contributed by atoms with Crippen LogP contribution in [0.5, 0.6) is 5.75 Å². The average molecular weight is 262 g/mol. The molecule has 0 aliphatic heterocycles. The summed E-state index contributed by atoms with van der Waals surface area (Å²) in [6.45, 7) is 2.59. The minimum absolute atomic E-state index is 0.377. The lowest BCUT2D eigenvalue weighted by Crippen LogP contribution is -2.04. The van der Waals surface area contributed by atoms with E-state index in [1.54, 1.807) is 0 Å².